The number of rotatable bonds is 10. The van der Waals surface area contributed by atoms with Gasteiger partial charge in [-0.05, 0) is 101 Å². The van der Waals surface area contributed by atoms with Gasteiger partial charge in [0.05, 0.1) is 23.3 Å². The zero-order chi connectivity index (χ0) is 38.6. The van der Waals surface area contributed by atoms with Gasteiger partial charge in [-0.2, -0.15) is 10.3 Å². The first kappa shape index (κ1) is 50.1. The van der Waals surface area contributed by atoms with Crippen LogP contribution in [0.15, 0.2) is 84.3 Å². The van der Waals surface area contributed by atoms with Gasteiger partial charge < -0.3 is 37.7 Å². The number of carboxylic acid groups (broad SMARTS) is 2. The van der Waals surface area contributed by atoms with Crippen LogP contribution >= 0.6 is 24.4 Å². The van der Waals surface area contributed by atoms with E-state index in [1.54, 1.807) is 33.5 Å². The van der Waals surface area contributed by atoms with E-state index in [4.69, 9.17) is 37.1 Å². The maximum atomic E-state index is 12.2. The first-order valence-corrected chi connectivity index (χ1v) is 17.3. The SMILES string of the molecule is CN(CCC(=O)Nc1cccc(-n2[nH]nnc2=S)c1)N1CCCC1.O=C([O-])c1ccc(-n2cn[nH]c2=S)cc1.O=C([O-])c1ccc(-n2nnnc2[S-])cc1.[Na+].[Na+].[Na+]. The molecule has 7 rings (SSSR count). The van der Waals surface area contributed by atoms with E-state index in [2.05, 4.69) is 56.6 Å². The smallest absolute Gasteiger partial charge is 0.738 e. The van der Waals surface area contributed by atoms with Crippen LogP contribution in [0.5, 0.6) is 0 Å². The van der Waals surface area contributed by atoms with Crippen LogP contribution in [0.3, 0.4) is 0 Å². The Hall–Kier alpha value is -3.07. The van der Waals surface area contributed by atoms with Crippen molar-refractivity contribution in [2.75, 3.05) is 32.0 Å². The van der Waals surface area contributed by atoms with Gasteiger partial charge in [-0.25, -0.2) is 19.4 Å². The molecule has 0 radical (unpaired) electrons. The van der Waals surface area contributed by atoms with Crippen LogP contribution in [0.2, 0.25) is 0 Å². The summed E-state index contributed by atoms with van der Waals surface area (Å²) < 4.78 is 5.33. The monoisotopic (exact) mass is 856 g/mol. The Morgan fingerprint density at radius 2 is 1.49 bits per heavy atom. The Kier molecular flexibility index (Phi) is 21.7. The second kappa shape index (κ2) is 24.8. The fourth-order valence-corrected chi connectivity index (χ4v) is 5.60. The van der Waals surface area contributed by atoms with Crippen LogP contribution in [0.1, 0.15) is 40.0 Å². The van der Waals surface area contributed by atoms with Crippen LogP contribution in [0.4, 0.5) is 5.69 Å². The number of aromatic nitrogens is 11. The number of carbonyl (C=O) groups is 3. The number of hydrazine groups is 1. The summed E-state index contributed by atoms with van der Waals surface area (Å²) in [5.74, 6) is -2.43. The normalized spacial score (nSPS) is 11.7. The number of nitrogens with one attached hydrogen (secondary N) is 3. The Balaban J connectivity index is 0.000000300. The van der Waals surface area contributed by atoms with Crippen molar-refractivity contribution in [3.63, 3.8) is 0 Å². The topological polar surface area (TPSA) is 240 Å². The maximum Gasteiger partial charge on any atom is 1.00 e. The Morgan fingerprint density at radius 3 is 2.00 bits per heavy atom. The van der Waals surface area contributed by atoms with Crippen molar-refractivity contribution in [1.82, 2.24) is 65.2 Å². The Morgan fingerprint density at radius 1 is 0.877 bits per heavy atom. The molecule has 25 heteroatoms. The second-order valence-electron chi connectivity index (χ2n) is 11.4. The summed E-state index contributed by atoms with van der Waals surface area (Å²) in [5, 5.41) is 55.6. The molecule has 0 saturated carbocycles. The molecule has 0 atom stereocenters. The summed E-state index contributed by atoms with van der Waals surface area (Å²) in [5.41, 5.74) is 3.08. The molecule has 3 aromatic carbocycles. The number of hydrogen-bond donors (Lipinski definition) is 3. The van der Waals surface area contributed by atoms with Gasteiger partial charge in [0.2, 0.25) is 10.7 Å². The zero-order valence-corrected chi connectivity index (χ0v) is 39.9. The average molecular weight is 857 g/mol. The minimum absolute atomic E-state index is 0. The number of aromatic amines is 2. The van der Waals surface area contributed by atoms with Crippen molar-refractivity contribution in [3.8, 4) is 17.1 Å². The third-order valence-corrected chi connectivity index (χ3v) is 8.62. The average Bonchev–Trinajstić information content (AvgIpc) is 4.01. The molecular formula is C32H31N14Na3O5S3. The van der Waals surface area contributed by atoms with Gasteiger partial charge in [0.25, 0.3) is 0 Å². The fourth-order valence-electron chi connectivity index (χ4n) is 5.03. The molecule has 0 unspecified atom stereocenters. The summed E-state index contributed by atoms with van der Waals surface area (Å²) >= 11 is 14.9. The van der Waals surface area contributed by atoms with E-state index >= 15 is 0 Å². The molecule has 3 aromatic heterocycles. The number of anilines is 1. The standard InChI is InChI=1S/C15H21N7OS.C9H7N3O2S.C8H6N4O2S.3Na/c1-20(21-8-2-3-9-21)10-7-14(23)16-12-5-4-6-13(11-12)22-15(24)17-18-19-22;13-8(14)6-1-3-7(4-2-6)12-5-10-11-9(12)15;13-7(14)5-1-3-6(4-2-5)12-8(15)9-10-11-12;;;/h4-6,11H,2-3,7-10H2,1H3,(H,16,23)(H,17,19,24);1-5H,(H,11,15)(H,13,14);1-4H,(H,13,14)(H,9,11,15);;;/q;;;3*+1/p-3. The fraction of sp³-hybridized carbons (Fsp3) is 0.219. The van der Waals surface area contributed by atoms with Crippen LogP contribution in [-0.4, -0.2) is 110 Å². The largest absolute Gasteiger partial charge is 1.00 e. The van der Waals surface area contributed by atoms with E-state index in [1.165, 1.54) is 48.1 Å². The number of nitrogens with zero attached hydrogens (tertiary/aromatic N) is 11. The van der Waals surface area contributed by atoms with E-state index in [0.717, 1.165) is 30.2 Å². The molecule has 0 bridgehead atoms. The van der Waals surface area contributed by atoms with Crippen LogP contribution < -0.4 is 104 Å². The summed E-state index contributed by atoms with van der Waals surface area (Å²) in [6.45, 7) is 2.87. The van der Waals surface area contributed by atoms with Gasteiger partial charge >= 0.3 is 88.7 Å². The molecule has 1 saturated heterocycles. The minimum atomic E-state index is -1.23. The number of carbonyl (C=O) groups excluding carboxylic acids is 3. The minimum Gasteiger partial charge on any atom is -0.738 e. The maximum absolute atomic E-state index is 12.2. The van der Waals surface area contributed by atoms with Crippen molar-refractivity contribution in [2.24, 2.45) is 0 Å². The molecule has 1 fully saturated rings. The molecule has 280 valence electrons. The Bertz CT molecular complexity index is 2310. The van der Waals surface area contributed by atoms with Crippen molar-refractivity contribution in [1.29, 1.82) is 0 Å². The Labute approximate surface area is 407 Å². The molecule has 1 aliphatic heterocycles. The molecule has 0 spiro atoms. The van der Waals surface area contributed by atoms with E-state index in [1.807, 2.05) is 31.3 Å². The number of amides is 1. The molecule has 57 heavy (non-hydrogen) atoms. The van der Waals surface area contributed by atoms with Crippen molar-refractivity contribution >= 4 is 60.6 Å². The number of carboxylic acids is 2. The predicted octanol–water partition coefficient (Wildman–Crippen LogP) is -8.17. The van der Waals surface area contributed by atoms with E-state index in [9.17, 15) is 24.6 Å². The quantitative estimate of drug-likeness (QED) is 0.0659. The zero-order valence-electron chi connectivity index (χ0n) is 31.4. The van der Waals surface area contributed by atoms with E-state index < -0.39 is 11.9 Å². The van der Waals surface area contributed by atoms with Crippen molar-refractivity contribution < 1.29 is 113 Å². The van der Waals surface area contributed by atoms with Crippen molar-refractivity contribution in [3.05, 3.63) is 99.8 Å². The third kappa shape index (κ3) is 14.6. The summed E-state index contributed by atoms with van der Waals surface area (Å²) in [4.78, 5) is 33.2. The van der Waals surface area contributed by atoms with Crippen LogP contribution in [0, 0.1) is 9.54 Å². The molecule has 0 aliphatic carbocycles. The molecular weight excluding hydrogens is 826 g/mol. The summed E-state index contributed by atoms with van der Waals surface area (Å²) in [6.07, 6.45) is 4.43. The number of tetrazole rings is 2. The van der Waals surface area contributed by atoms with Gasteiger partial charge in [0.1, 0.15) is 6.33 Å². The van der Waals surface area contributed by atoms with E-state index in [0.29, 0.717) is 28.2 Å². The van der Waals surface area contributed by atoms with Gasteiger partial charge in [-0.1, -0.05) is 40.6 Å². The molecule has 1 amide bonds. The van der Waals surface area contributed by atoms with Gasteiger partial charge in [0.15, 0.2) is 4.77 Å². The molecule has 4 heterocycles. The van der Waals surface area contributed by atoms with Crippen LogP contribution in [0.25, 0.3) is 17.1 Å². The molecule has 1 aliphatic rings. The number of hydrogen-bond acceptors (Lipinski definition) is 16. The van der Waals surface area contributed by atoms with E-state index in [-0.39, 0.29) is 111 Å². The van der Waals surface area contributed by atoms with Gasteiger partial charge in [-0.15, -0.1) is 5.10 Å². The summed E-state index contributed by atoms with van der Waals surface area (Å²) in [7, 11) is 2.03. The molecule has 6 aromatic rings. The van der Waals surface area contributed by atoms with Gasteiger partial charge in [0, 0.05) is 49.6 Å². The molecule has 3 N–H and O–H groups in total. The second-order valence-corrected chi connectivity index (χ2v) is 12.5. The first-order chi connectivity index (χ1) is 26.0. The van der Waals surface area contributed by atoms with Crippen LogP contribution in [-0.2, 0) is 17.4 Å². The first-order valence-electron chi connectivity index (χ1n) is 16.1. The molecule has 19 nitrogen and oxygen atoms in total. The number of H-pyrrole nitrogens is 2. The third-order valence-electron chi connectivity index (χ3n) is 7.81. The van der Waals surface area contributed by atoms with Crippen molar-refractivity contribution in [2.45, 2.75) is 24.4 Å². The summed E-state index contributed by atoms with van der Waals surface area (Å²) in [6, 6.07) is 19.5. The number of benzene rings is 3. The van der Waals surface area contributed by atoms with Gasteiger partial charge in [-0.3, -0.25) is 14.5 Å². The predicted molar refractivity (Wildman–Crippen MR) is 195 cm³/mol. The number of aromatic carboxylic acids is 2.